The molecule has 0 spiro atoms. The van der Waals surface area contributed by atoms with Gasteiger partial charge in [0.25, 0.3) is 0 Å². The molecule has 3 rings (SSSR count). The summed E-state index contributed by atoms with van der Waals surface area (Å²) in [5.74, 6) is 0. The molecule has 100 valence electrons. The van der Waals surface area contributed by atoms with E-state index in [9.17, 15) is 0 Å². The Morgan fingerprint density at radius 3 is 3.00 bits per heavy atom. The number of benzene rings is 1. The zero-order chi connectivity index (χ0) is 12.9. The Kier molecular flexibility index (Phi) is 3.94. The molecule has 2 aromatic rings. The van der Waals surface area contributed by atoms with Gasteiger partial charge < -0.3 is 9.88 Å². The summed E-state index contributed by atoms with van der Waals surface area (Å²) in [4.78, 5) is 4.06. The van der Waals surface area contributed by atoms with Crippen LogP contribution in [0, 0.1) is 0 Å². The number of fused-ring (bicyclic) bond motifs is 1. The largest absolute Gasteiger partial charge is 0.337 e. The molecule has 3 heteroatoms. The molecule has 1 N–H and O–H groups in total. The van der Waals surface area contributed by atoms with Crippen molar-refractivity contribution >= 4 is 0 Å². The highest BCUT2D eigenvalue weighted by Crippen LogP contribution is 2.20. The SMILES string of the molecule is c1ccc2c(c1)CC[C@H](NCCCn1ccnc1)C2. The van der Waals surface area contributed by atoms with Gasteiger partial charge in [0.2, 0.25) is 0 Å². The van der Waals surface area contributed by atoms with Gasteiger partial charge >= 0.3 is 0 Å². The first-order valence-corrected chi connectivity index (χ1v) is 7.18. The molecular formula is C16H21N3. The number of rotatable bonds is 5. The molecule has 0 saturated carbocycles. The van der Waals surface area contributed by atoms with E-state index in [1.165, 1.54) is 24.8 Å². The fourth-order valence-corrected chi connectivity index (χ4v) is 2.86. The van der Waals surface area contributed by atoms with E-state index < -0.39 is 0 Å². The highest BCUT2D eigenvalue weighted by atomic mass is 15.0. The quantitative estimate of drug-likeness (QED) is 0.832. The second kappa shape index (κ2) is 6.02. The molecule has 1 aromatic heterocycles. The van der Waals surface area contributed by atoms with Gasteiger partial charge in [-0.25, -0.2) is 4.98 Å². The smallest absolute Gasteiger partial charge is 0.0945 e. The highest BCUT2D eigenvalue weighted by molar-refractivity contribution is 5.30. The number of hydrogen-bond acceptors (Lipinski definition) is 2. The Labute approximate surface area is 114 Å². The van der Waals surface area contributed by atoms with Gasteiger partial charge in [-0.1, -0.05) is 24.3 Å². The monoisotopic (exact) mass is 255 g/mol. The van der Waals surface area contributed by atoms with Gasteiger partial charge in [0.1, 0.15) is 0 Å². The van der Waals surface area contributed by atoms with Crippen molar-refractivity contribution in [2.45, 2.75) is 38.3 Å². The van der Waals surface area contributed by atoms with Crippen molar-refractivity contribution in [3.05, 3.63) is 54.1 Å². The van der Waals surface area contributed by atoms with Gasteiger partial charge in [0, 0.05) is 25.0 Å². The van der Waals surface area contributed by atoms with Gasteiger partial charge in [0.15, 0.2) is 0 Å². The summed E-state index contributed by atoms with van der Waals surface area (Å²) in [6.07, 6.45) is 10.6. The Morgan fingerprint density at radius 1 is 1.26 bits per heavy atom. The lowest BCUT2D eigenvalue weighted by Gasteiger charge is -2.25. The van der Waals surface area contributed by atoms with E-state index in [1.54, 1.807) is 5.56 Å². The Morgan fingerprint density at radius 2 is 2.16 bits per heavy atom. The summed E-state index contributed by atoms with van der Waals surface area (Å²) in [5.41, 5.74) is 3.07. The molecule has 0 saturated heterocycles. The lowest BCUT2D eigenvalue weighted by molar-refractivity contribution is 0.444. The molecule has 1 aromatic carbocycles. The average molecular weight is 255 g/mol. The molecule has 0 bridgehead atoms. The van der Waals surface area contributed by atoms with Crippen LogP contribution in [0.1, 0.15) is 24.0 Å². The summed E-state index contributed by atoms with van der Waals surface area (Å²) in [6, 6.07) is 9.50. The Bertz CT molecular complexity index is 504. The molecular weight excluding hydrogens is 234 g/mol. The summed E-state index contributed by atoms with van der Waals surface area (Å²) >= 11 is 0. The van der Waals surface area contributed by atoms with Crippen molar-refractivity contribution in [1.82, 2.24) is 14.9 Å². The predicted octanol–water partition coefficient (Wildman–Crippen LogP) is 2.42. The number of aromatic nitrogens is 2. The maximum absolute atomic E-state index is 4.06. The van der Waals surface area contributed by atoms with Gasteiger partial charge in [-0.2, -0.15) is 0 Å². The van der Waals surface area contributed by atoms with Crippen LogP contribution < -0.4 is 5.32 Å². The average Bonchev–Trinajstić information content (AvgIpc) is 2.97. The van der Waals surface area contributed by atoms with Crippen molar-refractivity contribution in [3.63, 3.8) is 0 Å². The molecule has 0 aliphatic heterocycles. The van der Waals surface area contributed by atoms with Gasteiger partial charge in [-0.15, -0.1) is 0 Å². The minimum Gasteiger partial charge on any atom is -0.337 e. The third-order valence-electron chi connectivity index (χ3n) is 3.93. The predicted molar refractivity (Wildman–Crippen MR) is 77.1 cm³/mol. The first-order valence-electron chi connectivity index (χ1n) is 7.18. The van der Waals surface area contributed by atoms with Crippen LogP contribution in [0.4, 0.5) is 0 Å². The Hall–Kier alpha value is -1.61. The summed E-state index contributed by atoms with van der Waals surface area (Å²) < 4.78 is 2.14. The first-order chi connectivity index (χ1) is 9.42. The Balaban J connectivity index is 1.42. The van der Waals surface area contributed by atoms with Gasteiger partial charge in [-0.05, 0) is 43.4 Å². The highest BCUT2D eigenvalue weighted by Gasteiger charge is 2.16. The van der Waals surface area contributed by atoms with Crippen molar-refractivity contribution in [1.29, 1.82) is 0 Å². The molecule has 0 radical (unpaired) electrons. The molecule has 0 fully saturated rings. The van der Waals surface area contributed by atoms with Crippen molar-refractivity contribution in [3.8, 4) is 0 Å². The van der Waals surface area contributed by atoms with Crippen molar-refractivity contribution in [2.24, 2.45) is 0 Å². The van der Waals surface area contributed by atoms with E-state index in [4.69, 9.17) is 0 Å². The molecule has 3 nitrogen and oxygen atoms in total. The van der Waals surface area contributed by atoms with Crippen LogP contribution in [-0.4, -0.2) is 22.1 Å². The number of imidazole rings is 1. The zero-order valence-corrected chi connectivity index (χ0v) is 11.3. The zero-order valence-electron chi connectivity index (χ0n) is 11.3. The van der Waals surface area contributed by atoms with Crippen LogP contribution in [-0.2, 0) is 19.4 Å². The van der Waals surface area contributed by atoms with Gasteiger partial charge in [0.05, 0.1) is 6.33 Å². The first kappa shape index (κ1) is 12.4. The number of nitrogens with one attached hydrogen (secondary N) is 1. The minimum atomic E-state index is 0.651. The van der Waals surface area contributed by atoms with Crippen molar-refractivity contribution < 1.29 is 0 Å². The van der Waals surface area contributed by atoms with E-state index in [0.29, 0.717) is 6.04 Å². The summed E-state index contributed by atoms with van der Waals surface area (Å²) in [5, 5.41) is 3.69. The number of hydrogen-bond donors (Lipinski definition) is 1. The van der Waals surface area contributed by atoms with Crippen LogP contribution >= 0.6 is 0 Å². The third kappa shape index (κ3) is 3.24. The van der Waals surface area contributed by atoms with E-state index in [-0.39, 0.29) is 0 Å². The van der Waals surface area contributed by atoms with Crippen molar-refractivity contribution in [2.75, 3.05) is 6.54 Å². The molecule has 1 aliphatic carbocycles. The summed E-state index contributed by atoms with van der Waals surface area (Å²) in [7, 11) is 0. The molecule has 0 unspecified atom stereocenters. The second-order valence-corrected chi connectivity index (χ2v) is 5.32. The van der Waals surface area contributed by atoms with Crippen LogP contribution in [0.2, 0.25) is 0 Å². The lowest BCUT2D eigenvalue weighted by Crippen LogP contribution is -2.35. The summed E-state index contributed by atoms with van der Waals surface area (Å²) in [6.45, 7) is 2.14. The van der Waals surface area contributed by atoms with Gasteiger partial charge in [-0.3, -0.25) is 0 Å². The number of nitrogens with zero attached hydrogens (tertiary/aromatic N) is 2. The third-order valence-corrected chi connectivity index (χ3v) is 3.93. The normalized spacial score (nSPS) is 18.2. The molecule has 0 amide bonds. The van der Waals surface area contributed by atoms with Crippen LogP contribution in [0.25, 0.3) is 0 Å². The van der Waals surface area contributed by atoms with Crippen LogP contribution in [0.5, 0.6) is 0 Å². The van der Waals surface area contributed by atoms with E-state index in [1.807, 2.05) is 18.7 Å². The maximum atomic E-state index is 4.06. The standard InChI is InChI=1S/C16H21N3/c1-2-5-15-12-16(7-6-14(15)4-1)18-8-3-10-19-11-9-17-13-19/h1-2,4-5,9,11,13,16,18H,3,6-8,10,12H2/t16-/m0/s1. The van der Waals surface area contributed by atoms with Crippen LogP contribution in [0.15, 0.2) is 43.0 Å². The van der Waals surface area contributed by atoms with E-state index in [2.05, 4.69) is 39.1 Å². The molecule has 1 atom stereocenters. The maximum Gasteiger partial charge on any atom is 0.0945 e. The lowest BCUT2D eigenvalue weighted by atomic mass is 9.88. The molecule has 19 heavy (non-hydrogen) atoms. The molecule has 1 aliphatic rings. The fraction of sp³-hybridized carbons (Fsp3) is 0.438. The van der Waals surface area contributed by atoms with E-state index >= 15 is 0 Å². The second-order valence-electron chi connectivity index (χ2n) is 5.32. The topological polar surface area (TPSA) is 29.9 Å². The van der Waals surface area contributed by atoms with E-state index in [0.717, 1.165) is 19.5 Å². The fourth-order valence-electron chi connectivity index (χ4n) is 2.86. The molecule has 1 heterocycles. The number of aryl methyl sites for hydroxylation is 2. The van der Waals surface area contributed by atoms with Crippen LogP contribution in [0.3, 0.4) is 0 Å². The minimum absolute atomic E-state index is 0.651.